The van der Waals surface area contributed by atoms with Crippen molar-refractivity contribution in [2.45, 2.75) is 13.3 Å². The number of likely N-dealkylation sites (N-methyl/N-ethyl adjacent to an activating group) is 2. The predicted molar refractivity (Wildman–Crippen MR) is 102 cm³/mol. The van der Waals surface area contributed by atoms with Crippen molar-refractivity contribution in [2.75, 3.05) is 60.5 Å². The highest BCUT2D eigenvalue weighted by Crippen LogP contribution is 2.25. The molecule has 1 fully saturated rings. The molecule has 0 radical (unpaired) electrons. The molecule has 1 amide bonds. The van der Waals surface area contributed by atoms with E-state index in [-0.39, 0.29) is 36.6 Å². The molecule has 0 bridgehead atoms. The van der Waals surface area contributed by atoms with Gasteiger partial charge in [0.15, 0.2) is 0 Å². The van der Waals surface area contributed by atoms with Gasteiger partial charge in [0.25, 0.3) is 0 Å². The molecule has 1 aromatic carbocycles. The van der Waals surface area contributed by atoms with Crippen LogP contribution in [0.3, 0.4) is 0 Å². The van der Waals surface area contributed by atoms with Crippen LogP contribution in [0.15, 0.2) is 18.2 Å². The van der Waals surface area contributed by atoms with E-state index in [1.807, 2.05) is 25.1 Å². The molecule has 26 heavy (non-hydrogen) atoms. The van der Waals surface area contributed by atoms with Crippen LogP contribution in [0.2, 0.25) is 0 Å². The molecule has 6 heteroatoms. The van der Waals surface area contributed by atoms with Crippen molar-refractivity contribution >= 4 is 5.91 Å². The third kappa shape index (κ3) is 5.76. The zero-order chi connectivity index (χ0) is 19.3. The maximum atomic E-state index is 13.7. The topological polar surface area (TPSA) is 47.0 Å². The van der Waals surface area contributed by atoms with Crippen molar-refractivity contribution < 1.29 is 14.3 Å². The number of carbonyl (C=O) groups excluding carboxylic acids is 1. The molecule has 5 nitrogen and oxygen atoms in total. The summed E-state index contributed by atoms with van der Waals surface area (Å²) in [7, 11) is 6.18. The third-order valence-corrected chi connectivity index (χ3v) is 5.23. The highest BCUT2D eigenvalue weighted by molar-refractivity contribution is 5.79. The van der Waals surface area contributed by atoms with Gasteiger partial charge in [0.1, 0.15) is 5.82 Å². The van der Waals surface area contributed by atoms with E-state index in [9.17, 15) is 14.3 Å². The van der Waals surface area contributed by atoms with Gasteiger partial charge in [-0.15, -0.1) is 0 Å². The Balaban J connectivity index is 1.91. The second-order valence-electron chi connectivity index (χ2n) is 7.83. The number of nitrogens with zero attached hydrogens (tertiary/aromatic N) is 3. The molecule has 2 atom stereocenters. The normalized spacial score (nSPS) is 20.4. The number of hydrogen-bond acceptors (Lipinski definition) is 4. The van der Waals surface area contributed by atoms with Gasteiger partial charge < -0.3 is 19.8 Å². The van der Waals surface area contributed by atoms with Crippen molar-refractivity contribution in [3.8, 4) is 0 Å². The SMILES string of the molecule is Cc1ccc(CC(=O)N2C[C@@H](CN(C)CCN(C)C)[C@@H](CO)C2)cc1F. The number of rotatable bonds is 8. The van der Waals surface area contributed by atoms with Crippen molar-refractivity contribution in [3.63, 3.8) is 0 Å². The van der Waals surface area contributed by atoms with Crippen LogP contribution < -0.4 is 0 Å². The minimum absolute atomic E-state index is 0.00477. The molecule has 1 N–H and O–H groups in total. The van der Waals surface area contributed by atoms with Crippen LogP contribution in [0.5, 0.6) is 0 Å². The number of carbonyl (C=O) groups is 1. The first kappa shape index (κ1) is 20.8. The van der Waals surface area contributed by atoms with Gasteiger partial charge in [0.05, 0.1) is 6.42 Å². The highest BCUT2D eigenvalue weighted by Gasteiger charge is 2.35. The zero-order valence-corrected chi connectivity index (χ0v) is 16.4. The van der Waals surface area contributed by atoms with E-state index < -0.39 is 0 Å². The summed E-state index contributed by atoms with van der Waals surface area (Å²) in [6.07, 6.45) is 0.207. The van der Waals surface area contributed by atoms with E-state index in [1.54, 1.807) is 13.0 Å². The van der Waals surface area contributed by atoms with Crippen LogP contribution in [0.1, 0.15) is 11.1 Å². The molecule has 0 aliphatic carbocycles. The molecule has 0 unspecified atom stereocenters. The number of amides is 1. The Kier molecular flexibility index (Phi) is 7.55. The lowest BCUT2D eigenvalue weighted by molar-refractivity contribution is -0.129. The van der Waals surface area contributed by atoms with E-state index in [0.29, 0.717) is 24.2 Å². The fraction of sp³-hybridized carbons (Fsp3) is 0.650. The van der Waals surface area contributed by atoms with Gasteiger partial charge in [0.2, 0.25) is 5.91 Å². The number of halogens is 1. The molecule has 1 aromatic rings. The fourth-order valence-electron chi connectivity index (χ4n) is 3.45. The van der Waals surface area contributed by atoms with E-state index in [4.69, 9.17) is 0 Å². The summed E-state index contributed by atoms with van der Waals surface area (Å²) in [5.74, 6) is 0.108. The minimum Gasteiger partial charge on any atom is -0.396 e. The van der Waals surface area contributed by atoms with E-state index in [1.165, 1.54) is 6.07 Å². The lowest BCUT2D eigenvalue weighted by atomic mass is 9.96. The Morgan fingerprint density at radius 3 is 2.54 bits per heavy atom. The van der Waals surface area contributed by atoms with Gasteiger partial charge in [-0.05, 0) is 51.2 Å². The van der Waals surface area contributed by atoms with Gasteiger partial charge in [-0.1, -0.05) is 12.1 Å². The monoisotopic (exact) mass is 365 g/mol. The molecule has 0 spiro atoms. The Morgan fingerprint density at radius 2 is 1.92 bits per heavy atom. The van der Waals surface area contributed by atoms with E-state index in [0.717, 1.165) is 19.6 Å². The molecule has 1 heterocycles. The maximum Gasteiger partial charge on any atom is 0.227 e. The van der Waals surface area contributed by atoms with Gasteiger partial charge in [-0.25, -0.2) is 4.39 Å². The summed E-state index contributed by atoms with van der Waals surface area (Å²) >= 11 is 0. The quantitative estimate of drug-likeness (QED) is 0.753. The number of likely N-dealkylation sites (tertiary alicyclic amines) is 1. The number of aliphatic hydroxyl groups excluding tert-OH is 1. The molecule has 1 aliphatic rings. The summed E-state index contributed by atoms with van der Waals surface area (Å²) in [6, 6.07) is 4.96. The van der Waals surface area contributed by atoms with Gasteiger partial charge in [-0.3, -0.25) is 4.79 Å². The Morgan fingerprint density at radius 1 is 1.23 bits per heavy atom. The summed E-state index contributed by atoms with van der Waals surface area (Å²) in [5, 5.41) is 9.71. The summed E-state index contributed by atoms with van der Waals surface area (Å²) in [6.45, 7) is 5.84. The first-order valence-corrected chi connectivity index (χ1v) is 9.27. The van der Waals surface area contributed by atoms with Crippen LogP contribution in [0.25, 0.3) is 0 Å². The molecule has 2 rings (SSSR count). The number of benzene rings is 1. The molecule has 0 saturated carbocycles. The average molecular weight is 365 g/mol. The van der Waals surface area contributed by atoms with Crippen molar-refractivity contribution in [1.29, 1.82) is 0 Å². The number of aliphatic hydroxyl groups is 1. The lowest BCUT2D eigenvalue weighted by Gasteiger charge is -2.25. The van der Waals surface area contributed by atoms with Crippen molar-refractivity contribution in [1.82, 2.24) is 14.7 Å². The Hall–Kier alpha value is -1.50. The minimum atomic E-state index is -0.273. The maximum absolute atomic E-state index is 13.7. The predicted octanol–water partition coefficient (Wildman–Crippen LogP) is 1.24. The number of hydrogen-bond donors (Lipinski definition) is 1. The van der Waals surface area contributed by atoms with E-state index >= 15 is 0 Å². The van der Waals surface area contributed by atoms with Crippen LogP contribution in [-0.2, 0) is 11.2 Å². The van der Waals surface area contributed by atoms with Gasteiger partial charge in [-0.2, -0.15) is 0 Å². The summed E-state index contributed by atoms with van der Waals surface area (Å²) in [4.78, 5) is 18.8. The van der Waals surface area contributed by atoms with Crippen LogP contribution >= 0.6 is 0 Å². The Labute approximate surface area is 156 Å². The molecule has 0 aromatic heterocycles. The first-order chi connectivity index (χ1) is 12.3. The van der Waals surface area contributed by atoms with E-state index in [2.05, 4.69) is 16.8 Å². The van der Waals surface area contributed by atoms with Gasteiger partial charge in [0, 0.05) is 45.2 Å². The van der Waals surface area contributed by atoms with Crippen molar-refractivity contribution in [2.24, 2.45) is 11.8 Å². The van der Waals surface area contributed by atoms with Gasteiger partial charge >= 0.3 is 0 Å². The average Bonchev–Trinajstić information content (AvgIpc) is 2.99. The molecule has 1 saturated heterocycles. The molecular weight excluding hydrogens is 333 g/mol. The van der Waals surface area contributed by atoms with Crippen molar-refractivity contribution in [3.05, 3.63) is 35.1 Å². The van der Waals surface area contributed by atoms with Crippen LogP contribution in [-0.4, -0.2) is 86.2 Å². The smallest absolute Gasteiger partial charge is 0.227 e. The standard InChI is InChI=1S/C20H32FN3O2/c1-15-5-6-16(9-19(15)21)10-20(26)24-12-17(18(13-24)14-25)11-23(4)8-7-22(2)3/h5-6,9,17-18,25H,7-8,10-14H2,1-4H3/t17-,18-/m1/s1. The Bertz CT molecular complexity index is 609. The second kappa shape index (κ2) is 9.44. The first-order valence-electron chi connectivity index (χ1n) is 9.27. The molecule has 146 valence electrons. The number of aryl methyl sites for hydroxylation is 1. The highest BCUT2D eigenvalue weighted by atomic mass is 19.1. The summed E-state index contributed by atoms with van der Waals surface area (Å²) in [5.41, 5.74) is 1.29. The molecular formula is C20H32FN3O2. The fourth-order valence-corrected chi connectivity index (χ4v) is 3.45. The van der Waals surface area contributed by atoms with Crippen LogP contribution in [0.4, 0.5) is 4.39 Å². The molecule has 1 aliphatic heterocycles. The third-order valence-electron chi connectivity index (χ3n) is 5.23. The van der Waals surface area contributed by atoms with Crippen LogP contribution in [0, 0.1) is 24.6 Å². The zero-order valence-electron chi connectivity index (χ0n) is 16.4. The largest absolute Gasteiger partial charge is 0.396 e. The second-order valence-corrected chi connectivity index (χ2v) is 7.83. The lowest BCUT2D eigenvalue weighted by Crippen LogP contribution is -2.35. The summed E-state index contributed by atoms with van der Waals surface area (Å²) < 4.78 is 13.7.